The quantitative estimate of drug-likeness (QED) is 0.766. The topological polar surface area (TPSA) is 23.6 Å². The van der Waals surface area contributed by atoms with Gasteiger partial charge in [-0.25, -0.2) is 0 Å². The van der Waals surface area contributed by atoms with Crippen LogP contribution in [0.25, 0.3) is 0 Å². The highest BCUT2D eigenvalue weighted by Gasteiger charge is 2.20. The molecule has 1 aliphatic rings. The second kappa shape index (κ2) is 4.96. The number of nitrogens with zero attached hydrogens (tertiary/aromatic N) is 2. The molecule has 1 aromatic carbocycles. The van der Waals surface area contributed by atoms with E-state index in [1.807, 2.05) is 32.2 Å². The summed E-state index contributed by atoms with van der Waals surface area (Å²) in [6, 6.07) is 5.84. The molecule has 0 aromatic heterocycles. The Bertz CT molecular complexity index is 433. The molecule has 0 spiro atoms. The van der Waals surface area contributed by atoms with E-state index in [-0.39, 0.29) is 5.91 Å². The van der Waals surface area contributed by atoms with E-state index in [1.54, 1.807) is 4.90 Å². The lowest BCUT2D eigenvalue weighted by Crippen LogP contribution is -2.34. The Morgan fingerprint density at radius 2 is 2.06 bits per heavy atom. The molecule has 0 bridgehead atoms. The summed E-state index contributed by atoms with van der Waals surface area (Å²) in [6.07, 6.45) is 0.994. The van der Waals surface area contributed by atoms with Gasteiger partial charge in [-0.2, -0.15) is 0 Å². The van der Waals surface area contributed by atoms with Crippen molar-refractivity contribution in [3.8, 4) is 0 Å². The van der Waals surface area contributed by atoms with Crippen molar-refractivity contribution < 1.29 is 4.79 Å². The fourth-order valence-electron chi connectivity index (χ4n) is 2.13. The average Bonchev–Trinajstić information content (AvgIpc) is 2.46. The van der Waals surface area contributed by atoms with E-state index in [1.165, 1.54) is 0 Å². The maximum absolute atomic E-state index is 11.8. The van der Waals surface area contributed by atoms with E-state index in [9.17, 15) is 4.79 Å². The maximum atomic E-state index is 11.8. The Kier molecular flexibility index (Phi) is 3.57. The molecule has 0 radical (unpaired) electrons. The third-order valence-corrected chi connectivity index (χ3v) is 3.66. The van der Waals surface area contributed by atoms with Crippen molar-refractivity contribution in [2.45, 2.75) is 13.3 Å². The second-order valence-electron chi connectivity index (χ2n) is 4.47. The zero-order valence-electron chi connectivity index (χ0n) is 10.2. The van der Waals surface area contributed by atoms with Crippen molar-refractivity contribution in [2.75, 3.05) is 31.6 Å². The lowest BCUT2D eigenvalue weighted by molar-refractivity contribution is -0.127. The lowest BCUT2D eigenvalue weighted by Gasteiger charge is -2.24. The van der Waals surface area contributed by atoms with Gasteiger partial charge in [-0.15, -0.1) is 0 Å². The second-order valence-corrected chi connectivity index (χ2v) is 4.88. The van der Waals surface area contributed by atoms with Gasteiger partial charge in [-0.05, 0) is 31.0 Å². The maximum Gasteiger partial charge on any atom is 0.241 e. The Morgan fingerprint density at radius 1 is 1.29 bits per heavy atom. The predicted octanol–water partition coefficient (Wildman–Crippen LogP) is 2.32. The van der Waals surface area contributed by atoms with E-state index in [4.69, 9.17) is 11.6 Å². The van der Waals surface area contributed by atoms with Gasteiger partial charge in [-0.1, -0.05) is 17.7 Å². The Hall–Kier alpha value is -1.22. The van der Waals surface area contributed by atoms with Crippen LogP contribution >= 0.6 is 11.6 Å². The van der Waals surface area contributed by atoms with Crippen molar-refractivity contribution >= 4 is 23.2 Å². The zero-order chi connectivity index (χ0) is 12.4. The molecule has 0 aliphatic carbocycles. The number of amides is 1. The standard InChI is InChI=1S/C13H17ClN2O/c1-10-11(14)5-3-6-12(10)16-8-4-7-15(2)13(17)9-16/h3,5-6H,4,7-9H2,1-2H3. The molecule has 2 rings (SSSR count). The summed E-state index contributed by atoms with van der Waals surface area (Å²) in [5.41, 5.74) is 2.12. The Balaban J connectivity index is 2.27. The van der Waals surface area contributed by atoms with Crippen molar-refractivity contribution in [3.63, 3.8) is 0 Å². The first-order chi connectivity index (χ1) is 8.09. The number of carbonyl (C=O) groups is 1. The summed E-state index contributed by atoms with van der Waals surface area (Å²) in [6.45, 7) is 4.17. The summed E-state index contributed by atoms with van der Waals surface area (Å²) in [7, 11) is 1.86. The van der Waals surface area contributed by atoms with Crippen LogP contribution in [0.2, 0.25) is 5.02 Å². The van der Waals surface area contributed by atoms with Crippen LogP contribution in [0, 0.1) is 6.92 Å². The molecule has 17 heavy (non-hydrogen) atoms. The molecule has 0 atom stereocenters. The van der Waals surface area contributed by atoms with Crippen LogP contribution in [0.3, 0.4) is 0 Å². The van der Waals surface area contributed by atoms with Gasteiger partial charge in [0, 0.05) is 30.8 Å². The molecule has 1 aliphatic heterocycles. The molecule has 1 heterocycles. The fraction of sp³-hybridized carbons (Fsp3) is 0.462. The molecule has 0 N–H and O–H groups in total. The Morgan fingerprint density at radius 3 is 2.82 bits per heavy atom. The van der Waals surface area contributed by atoms with Crippen molar-refractivity contribution in [1.82, 2.24) is 4.90 Å². The SMILES string of the molecule is Cc1c(Cl)cccc1N1CCCN(C)C(=O)C1. The largest absolute Gasteiger partial charge is 0.362 e. The van der Waals surface area contributed by atoms with Crippen molar-refractivity contribution in [3.05, 3.63) is 28.8 Å². The molecule has 0 unspecified atom stereocenters. The van der Waals surface area contributed by atoms with Gasteiger partial charge in [0.25, 0.3) is 0 Å². The first kappa shape index (κ1) is 12.2. The fourth-order valence-corrected chi connectivity index (χ4v) is 2.30. The summed E-state index contributed by atoms with van der Waals surface area (Å²) in [5.74, 6) is 0.168. The van der Waals surface area contributed by atoms with Gasteiger partial charge in [0.05, 0.1) is 6.54 Å². The molecule has 4 heteroatoms. The highest BCUT2D eigenvalue weighted by atomic mass is 35.5. The molecule has 1 amide bonds. The van der Waals surface area contributed by atoms with Gasteiger partial charge in [0.2, 0.25) is 5.91 Å². The minimum Gasteiger partial charge on any atom is -0.362 e. The van der Waals surface area contributed by atoms with Crippen LogP contribution < -0.4 is 4.90 Å². The number of rotatable bonds is 1. The molecule has 1 fully saturated rings. The number of benzene rings is 1. The van der Waals surface area contributed by atoms with E-state index < -0.39 is 0 Å². The van der Waals surface area contributed by atoms with Gasteiger partial charge in [0.1, 0.15) is 0 Å². The first-order valence-electron chi connectivity index (χ1n) is 5.83. The molecule has 1 saturated heterocycles. The van der Waals surface area contributed by atoms with Crippen LogP contribution in [0.5, 0.6) is 0 Å². The van der Waals surface area contributed by atoms with Crippen LogP contribution in [-0.2, 0) is 4.79 Å². The smallest absolute Gasteiger partial charge is 0.241 e. The van der Waals surface area contributed by atoms with Gasteiger partial charge < -0.3 is 9.80 Å². The monoisotopic (exact) mass is 252 g/mol. The number of likely N-dealkylation sites (N-methyl/N-ethyl adjacent to an activating group) is 1. The normalized spacial score (nSPS) is 17.2. The summed E-state index contributed by atoms with van der Waals surface area (Å²) >= 11 is 6.12. The van der Waals surface area contributed by atoms with Gasteiger partial charge in [-0.3, -0.25) is 4.79 Å². The highest BCUT2D eigenvalue weighted by molar-refractivity contribution is 6.31. The van der Waals surface area contributed by atoms with E-state index in [0.29, 0.717) is 6.54 Å². The minimum absolute atomic E-state index is 0.168. The summed E-state index contributed by atoms with van der Waals surface area (Å²) < 4.78 is 0. The number of halogens is 1. The van der Waals surface area contributed by atoms with Crippen LogP contribution in [0.1, 0.15) is 12.0 Å². The predicted molar refractivity (Wildman–Crippen MR) is 70.7 cm³/mol. The molecule has 1 aromatic rings. The van der Waals surface area contributed by atoms with E-state index >= 15 is 0 Å². The zero-order valence-corrected chi connectivity index (χ0v) is 11.0. The average molecular weight is 253 g/mol. The van der Waals surface area contributed by atoms with Crippen LogP contribution in [0.4, 0.5) is 5.69 Å². The van der Waals surface area contributed by atoms with Crippen LogP contribution in [0.15, 0.2) is 18.2 Å². The van der Waals surface area contributed by atoms with E-state index in [0.717, 1.165) is 35.8 Å². The van der Waals surface area contributed by atoms with Crippen molar-refractivity contribution in [1.29, 1.82) is 0 Å². The molecule has 3 nitrogen and oxygen atoms in total. The van der Waals surface area contributed by atoms with Gasteiger partial charge >= 0.3 is 0 Å². The Labute approximate surface area is 107 Å². The lowest BCUT2D eigenvalue weighted by atomic mass is 10.1. The third kappa shape index (κ3) is 2.55. The van der Waals surface area contributed by atoms with Crippen molar-refractivity contribution in [2.24, 2.45) is 0 Å². The van der Waals surface area contributed by atoms with E-state index in [2.05, 4.69) is 4.90 Å². The molecule has 0 saturated carbocycles. The number of hydrogen-bond donors (Lipinski definition) is 0. The van der Waals surface area contributed by atoms with Gasteiger partial charge in [0.15, 0.2) is 0 Å². The molecule has 92 valence electrons. The first-order valence-corrected chi connectivity index (χ1v) is 6.21. The molecular weight excluding hydrogens is 236 g/mol. The number of hydrogen-bond acceptors (Lipinski definition) is 2. The third-order valence-electron chi connectivity index (χ3n) is 3.25. The van der Waals surface area contributed by atoms with Crippen LogP contribution in [-0.4, -0.2) is 37.5 Å². The molecular formula is C13H17ClN2O. The summed E-state index contributed by atoms with van der Waals surface area (Å²) in [4.78, 5) is 15.8. The minimum atomic E-state index is 0.168. The summed E-state index contributed by atoms with van der Waals surface area (Å²) in [5, 5.41) is 0.757. The highest BCUT2D eigenvalue weighted by Crippen LogP contribution is 2.27. The number of anilines is 1. The number of carbonyl (C=O) groups excluding carboxylic acids is 1.